The summed E-state index contributed by atoms with van der Waals surface area (Å²) in [6.07, 6.45) is 4.73. The number of ether oxygens (including phenoxy) is 1. The lowest BCUT2D eigenvalue weighted by Crippen LogP contribution is -2.01. The fraction of sp³-hybridized carbons (Fsp3) is 0.0714. The van der Waals surface area contributed by atoms with Crippen LogP contribution in [0.15, 0.2) is 61.2 Å². The van der Waals surface area contributed by atoms with E-state index in [0.29, 0.717) is 11.1 Å². The smallest absolute Gasteiger partial charge is 0.193 e. The van der Waals surface area contributed by atoms with E-state index in [2.05, 4.69) is 13.2 Å². The summed E-state index contributed by atoms with van der Waals surface area (Å²) in [6.45, 7) is 7.15. The largest absolute Gasteiger partial charge is 0.497 e. The molecule has 0 fully saturated rings. The van der Waals surface area contributed by atoms with E-state index in [4.69, 9.17) is 4.74 Å². The molecule has 0 radical (unpaired) electrons. The zero-order valence-electron chi connectivity index (χ0n) is 9.27. The van der Waals surface area contributed by atoms with Crippen LogP contribution in [0.2, 0.25) is 0 Å². The molecule has 0 saturated carbocycles. The molecule has 2 nitrogen and oxygen atoms in total. The number of rotatable bonds is 5. The van der Waals surface area contributed by atoms with Crippen molar-refractivity contribution in [1.29, 1.82) is 0 Å². The van der Waals surface area contributed by atoms with E-state index >= 15 is 0 Å². The molecule has 0 heterocycles. The SMILES string of the molecule is C=CC=C(C=C)C(=O)c1ccc(OC)cc1. The van der Waals surface area contributed by atoms with Crippen LogP contribution < -0.4 is 4.74 Å². The average molecular weight is 214 g/mol. The van der Waals surface area contributed by atoms with Gasteiger partial charge < -0.3 is 4.74 Å². The van der Waals surface area contributed by atoms with Crippen LogP contribution in [0.4, 0.5) is 0 Å². The molecule has 0 bridgehead atoms. The van der Waals surface area contributed by atoms with Crippen LogP contribution in [0, 0.1) is 0 Å². The maximum absolute atomic E-state index is 11.9. The van der Waals surface area contributed by atoms with Crippen LogP contribution in [0.3, 0.4) is 0 Å². The van der Waals surface area contributed by atoms with Crippen LogP contribution in [0.5, 0.6) is 5.75 Å². The highest BCUT2D eigenvalue weighted by atomic mass is 16.5. The number of hydrogen-bond donors (Lipinski definition) is 0. The molecule has 16 heavy (non-hydrogen) atoms. The lowest BCUT2D eigenvalue weighted by molar-refractivity contribution is 0.103. The topological polar surface area (TPSA) is 26.3 Å². The monoisotopic (exact) mass is 214 g/mol. The number of Topliss-reactive ketones (excluding diaryl/α,β-unsaturated/α-hetero) is 1. The van der Waals surface area contributed by atoms with Crippen molar-refractivity contribution >= 4 is 5.78 Å². The quantitative estimate of drug-likeness (QED) is 0.427. The minimum absolute atomic E-state index is 0.0717. The van der Waals surface area contributed by atoms with Gasteiger partial charge in [-0.05, 0) is 24.3 Å². The van der Waals surface area contributed by atoms with Crippen LogP contribution in [0.1, 0.15) is 10.4 Å². The van der Waals surface area contributed by atoms with E-state index in [1.165, 1.54) is 6.08 Å². The highest BCUT2D eigenvalue weighted by molar-refractivity contribution is 6.10. The number of allylic oxidation sites excluding steroid dienone is 4. The van der Waals surface area contributed by atoms with Crippen molar-refractivity contribution in [3.05, 3.63) is 66.8 Å². The normalized spacial score (nSPS) is 10.7. The fourth-order valence-corrected chi connectivity index (χ4v) is 1.27. The van der Waals surface area contributed by atoms with Crippen molar-refractivity contribution in [2.45, 2.75) is 0 Å². The number of carbonyl (C=O) groups is 1. The van der Waals surface area contributed by atoms with Gasteiger partial charge in [0.15, 0.2) is 5.78 Å². The molecule has 0 unspecified atom stereocenters. The van der Waals surface area contributed by atoms with Gasteiger partial charge in [0.05, 0.1) is 7.11 Å². The second-order valence-corrected chi connectivity index (χ2v) is 3.12. The molecule has 0 aromatic heterocycles. The summed E-state index contributed by atoms with van der Waals surface area (Å²) in [5.74, 6) is 0.655. The Morgan fingerprint density at radius 1 is 1.25 bits per heavy atom. The van der Waals surface area contributed by atoms with Crippen molar-refractivity contribution in [2.75, 3.05) is 7.11 Å². The molecule has 0 amide bonds. The predicted octanol–water partition coefficient (Wildman–Crippen LogP) is 3.18. The maximum Gasteiger partial charge on any atom is 0.193 e. The number of carbonyl (C=O) groups excluding carboxylic acids is 1. The van der Waals surface area contributed by atoms with Gasteiger partial charge in [-0.2, -0.15) is 0 Å². The average Bonchev–Trinajstić information content (AvgIpc) is 2.35. The second-order valence-electron chi connectivity index (χ2n) is 3.12. The van der Waals surface area contributed by atoms with E-state index in [-0.39, 0.29) is 5.78 Å². The third kappa shape index (κ3) is 2.70. The van der Waals surface area contributed by atoms with Gasteiger partial charge in [0, 0.05) is 11.1 Å². The number of benzene rings is 1. The van der Waals surface area contributed by atoms with E-state index in [0.717, 1.165) is 5.75 Å². The third-order valence-electron chi connectivity index (χ3n) is 2.13. The summed E-state index contributed by atoms with van der Waals surface area (Å²) < 4.78 is 5.02. The Labute approximate surface area is 95.6 Å². The van der Waals surface area contributed by atoms with Gasteiger partial charge >= 0.3 is 0 Å². The lowest BCUT2D eigenvalue weighted by atomic mass is 10.0. The third-order valence-corrected chi connectivity index (χ3v) is 2.13. The van der Waals surface area contributed by atoms with Crippen LogP contribution in [-0.4, -0.2) is 12.9 Å². The lowest BCUT2D eigenvalue weighted by Gasteiger charge is -2.03. The zero-order chi connectivity index (χ0) is 12.0. The molecule has 0 N–H and O–H groups in total. The molecule has 1 rings (SSSR count). The van der Waals surface area contributed by atoms with Crippen molar-refractivity contribution in [3.8, 4) is 5.75 Å². The molecule has 0 aliphatic heterocycles. The van der Waals surface area contributed by atoms with Crippen molar-refractivity contribution in [3.63, 3.8) is 0 Å². The van der Waals surface area contributed by atoms with E-state index in [1.807, 2.05) is 0 Å². The Morgan fingerprint density at radius 2 is 1.88 bits per heavy atom. The zero-order valence-corrected chi connectivity index (χ0v) is 9.27. The van der Waals surface area contributed by atoms with Gasteiger partial charge in [-0.1, -0.05) is 31.4 Å². The van der Waals surface area contributed by atoms with Crippen molar-refractivity contribution in [1.82, 2.24) is 0 Å². The maximum atomic E-state index is 11.9. The van der Waals surface area contributed by atoms with Gasteiger partial charge in [-0.3, -0.25) is 4.79 Å². The first-order chi connectivity index (χ1) is 7.72. The highest BCUT2D eigenvalue weighted by Crippen LogP contribution is 2.15. The summed E-state index contributed by atoms with van der Waals surface area (Å²) >= 11 is 0. The summed E-state index contributed by atoms with van der Waals surface area (Å²) in [7, 11) is 1.59. The number of ketones is 1. The Kier molecular flexibility index (Phi) is 4.28. The minimum atomic E-state index is -0.0717. The van der Waals surface area contributed by atoms with E-state index in [1.54, 1.807) is 43.5 Å². The first-order valence-corrected chi connectivity index (χ1v) is 4.87. The molecular formula is C14H14O2. The second kappa shape index (κ2) is 5.71. The molecule has 82 valence electrons. The fourth-order valence-electron chi connectivity index (χ4n) is 1.27. The molecule has 1 aromatic rings. The van der Waals surface area contributed by atoms with Gasteiger partial charge in [-0.25, -0.2) is 0 Å². The molecule has 0 atom stereocenters. The minimum Gasteiger partial charge on any atom is -0.497 e. The Bertz CT molecular complexity index is 425. The van der Waals surface area contributed by atoms with Crippen LogP contribution in [-0.2, 0) is 0 Å². The predicted molar refractivity (Wildman–Crippen MR) is 65.8 cm³/mol. The van der Waals surface area contributed by atoms with E-state index in [9.17, 15) is 4.79 Å². The molecule has 0 spiro atoms. The molecular weight excluding hydrogens is 200 g/mol. The Morgan fingerprint density at radius 3 is 2.31 bits per heavy atom. The summed E-state index contributed by atoms with van der Waals surface area (Å²) in [5, 5.41) is 0. The number of hydrogen-bond acceptors (Lipinski definition) is 2. The van der Waals surface area contributed by atoms with Gasteiger partial charge in [-0.15, -0.1) is 0 Å². The van der Waals surface area contributed by atoms with Crippen molar-refractivity contribution in [2.24, 2.45) is 0 Å². The summed E-state index contributed by atoms with van der Waals surface area (Å²) in [4.78, 5) is 11.9. The highest BCUT2D eigenvalue weighted by Gasteiger charge is 2.08. The van der Waals surface area contributed by atoms with Gasteiger partial charge in [0.25, 0.3) is 0 Å². The number of methoxy groups -OCH3 is 1. The standard InChI is InChI=1S/C14H14O2/c1-4-6-11(5-2)14(15)12-7-9-13(16-3)10-8-12/h4-10H,1-2H2,3H3. The molecule has 0 aliphatic rings. The molecule has 0 saturated heterocycles. The molecule has 0 aliphatic carbocycles. The Hall–Kier alpha value is -2.09. The van der Waals surface area contributed by atoms with Crippen molar-refractivity contribution < 1.29 is 9.53 Å². The van der Waals surface area contributed by atoms with Crippen LogP contribution in [0.25, 0.3) is 0 Å². The van der Waals surface area contributed by atoms with Gasteiger partial charge in [0.1, 0.15) is 5.75 Å². The summed E-state index contributed by atoms with van der Waals surface area (Å²) in [5.41, 5.74) is 1.13. The first kappa shape index (κ1) is 12.0. The van der Waals surface area contributed by atoms with Gasteiger partial charge in [0.2, 0.25) is 0 Å². The Balaban J connectivity index is 2.99. The summed E-state index contributed by atoms with van der Waals surface area (Å²) in [6, 6.07) is 6.95. The molecule has 1 aromatic carbocycles. The molecule has 2 heteroatoms. The van der Waals surface area contributed by atoms with E-state index < -0.39 is 0 Å². The first-order valence-electron chi connectivity index (χ1n) is 4.87. The van der Waals surface area contributed by atoms with Crippen LogP contribution >= 0.6 is 0 Å².